The van der Waals surface area contributed by atoms with Crippen molar-refractivity contribution in [1.82, 2.24) is 0 Å². The highest BCUT2D eigenvalue weighted by Gasteiger charge is 2.54. The number of fused-ring (bicyclic) bond motifs is 8. The molecule has 0 aromatic heterocycles. The fourth-order valence-electron chi connectivity index (χ4n) is 6.58. The molecule has 0 saturated heterocycles. The molecule has 11 heteroatoms. The van der Waals surface area contributed by atoms with Gasteiger partial charge in [-0.2, -0.15) is 10.5 Å². The molecule has 7 nitrogen and oxygen atoms in total. The summed E-state index contributed by atoms with van der Waals surface area (Å²) in [6.45, 7) is 0. The predicted octanol–water partition coefficient (Wildman–Crippen LogP) is 10.4. The first-order chi connectivity index (χ1) is 23.9. The Kier molecular flexibility index (Phi) is 6.77. The Labute approximate surface area is 298 Å². The first-order valence-electron chi connectivity index (χ1n) is 14.9. The molecule has 0 aliphatic carbocycles. The number of anilines is 2. The van der Waals surface area contributed by atoms with E-state index in [1.165, 1.54) is 29.6 Å². The quantitative estimate of drug-likeness (QED) is 0.137. The molecule has 1 spiro atoms. The summed E-state index contributed by atoms with van der Waals surface area (Å²) in [5.41, 5.74) is 4.42. The lowest BCUT2D eigenvalue weighted by Gasteiger charge is -2.37. The Bertz CT molecular complexity index is 2310. The van der Waals surface area contributed by atoms with Crippen LogP contribution in [0.15, 0.2) is 117 Å². The molecule has 0 fully saturated rings. The maximum Gasteiger partial charge on any atom is 0.340 e. The Morgan fingerprint density at radius 2 is 1.18 bits per heavy atom. The lowest BCUT2D eigenvalue weighted by atomic mass is 9.77. The number of hydrogen-bond donors (Lipinski definition) is 2. The number of nitrogens with one attached hydrogen (secondary N) is 2. The van der Waals surface area contributed by atoms with E-state index < -0.39 is 11.6 Å². The van der Waals surface area contributed by atoms with Crippen molar-refractivity contribution in [1.29, 1.82) is 10.5 Å². The minimum atomic E-state index is -1.44. The van der Waals surface area contributed by atoms with Gasteiger partial charge < -0.3 is 20.1 Å². The molecule has 4 aliphatic rings. The molecule has 0 radical (unpaired) electrons. The number of esters is 1. The van der Waals surface area contributed by atoms with Gasteiger partial charge in [0.15, 0.2) is 5.60 Å². The minimum Gasteiger partial charge on any atom is -0.456 e. The van der Waals surface area contributed by atoms with Crippen LogP contribution in [0.5, 0.6) is 11.5 Å². The minimum absolute atomic E-state index is 0.230. The second kappa shape index (κ2) is 11.1. The standard InChI is InChI=1S/C38H18Cl2N4O3S2/c39-27-15-21-26(16-28(27)40)38(47-37(21)45)24-11-9-19(22(17-41)35-43-29-5-1-3-7-33(29)48-35)13-31(24)46-32-14-20(10-12-25(32)38)23(18-42)36-44-30-6-2-4-8-34(30)49-36/h1-16,43-44H/b35-22-,36-23-. The molecular weight excluding hydrogens is 695 g/mol. The molecule has 5 aromatic carbocycles. The van der Waals surface area contributed by atoms with E-state index in [0.717, 1.165) is 21.2 Å². The highest BCUT2D eigenvalue weighted by molar-refractivity contribution is 8.04. The van der Waals surface area contributed by atoms with Crippen molar-refractivity contribution in [2.24, 2.45) is 0 Å². The normalized spacial score (nSPS) is 19.5. The molecule has 5 aromatic rings. The molecular formula is C38H18Cl2N4O3S2. The van der Waals surface area contributed by atoms with Crippen LogP contribution in [0.3, 0.4) is 0 Å². The van der Waals surface area contributed by atoms with E-state index in [1.54, 1.807) is 18.2 Å². The molecule has 4 heterocycles. The third-order valence-corrected chi connectivity index (χ3v) is 11.7. The van der Waals surface area contributed by atoms with E-state index in [4.69, 9.17) is 32.7 Å². The van der Waals surface area contributed by atoms with Crippen molar-refractivity contribution in [2.45, 2.75) is 15.4 Å². The first kappa shape index (κ1) is 29.8. The second-order valence-corrected chi connectivity index (χ2v) is 14.4. The molecule has 234 valence electrons. The molecule has 2 N–H and O–H groups in total. The van der Waals surface area contributed by atoms with E-state index in [0.29, 0.717) is 60.5 Å². The first-order valence-corrected chi connectivity index (χ1v) is 17.3. The summed E-state index contributed by atoms with van der Waals surface area (Å²) >= 11 is 15.9. The van der Waals surface area contributed by atoms with Gasteiger partial charge in [-0.3, -0.25) is 0 Å². The summed E-state index contributed by atoms with van der Waals surface area (Å²) in [6.07, 6.45) is 0. The van der Waals surface area contributed by atoms with Crippen LogP contribution in [0.4, 0.5) is 11.4 Å². The van der Waals surface area contributed by atoms with Crippen LogP contribution in [-0.2, 0) is 10.3 Å². The van der Waals surface area contributed by atoms with Crippen molar-refractivity contribution < 1.29 is 14.3 Å². The largest absolute Gasteiger partial charge is 0.456 e. The Balaban J connectivity index is 1.22. The average Bonchev–Trinajstić information content (AvgIpc) is 3.80. The maximum absolute atomic E-state index is 13.5. The van der Waals surface area contributed by atoms with Gasteiger partial charge >= 0.3 is 5.97 Å². The molecule has 0 bridgehead atoms. The van der Waals surface area contributed by atoms with Crippen LogP contribution in [0.2, 0.25) is 10.0 Å². The summed E-state index contributed by atoms with van der Waals surface area (Å²) in [6, 6.07) is 34.4. The zero-order chi connectivity index (χ0) is 33.4. The Morgan fingerprint density at radius 3 is 1.69 bits per heavy atom. The van der Waals surface area contributed by atoms with Gasteiger partial charge in [0.05, 0.1) is 48.2 Å². The van der Waals surface area contributed by atoms with Gasteiger partial charge in [-0.25, -0.2) is 4.79 Å². The maximum atomic E-state index is 13.5. The number of nitriles is 2. The number of carbonyl (C=O) groups is 1. The third kappa shape index (κ3) is 4.48. The number of allylic oxidation sites excluding steroid dienone is 2. The molecule has 0 saturated carbocycles. The topological polar surface area (TPSA) is 107 Å². The smallest absolute Gasteiger partial charge is 0.340 e. The SMILES string of the molecule is N#C/C(=C1\Nc2ccccc2S1)c1ccc2c(c1)Oc1cc(/C(C#N)=C3/Nc4ccccc4S3)ccc1C21OC(=O)c2cc(Cl)c(Cl)cc21. The van der Waals surface area contributed by atoms with Crippen LogP contribution in [0, 0.1) is 22.7 Å². The van der Waals surface area contributed by atoms with Crippen LogP contribution < -0.4 is 15.4 Å². The van der Waals surface area contributed by atoms with E-state index >= 15 is 0 Å². The summed E-state index contributed by atoms with van der Waals surface area (Å²) in [5.74, 6) is 0.207. The molecule has 49 heavy (non-hydrogen) atoms. The Morgan fingerprint density at radius 1 is 0.673 bits per heavy atom. The van der Waals surface area contributed by atoms with Gasteiger partial charge in [0, 0.05) is 26.5 Å². The van der Waals surface area contributed by atoms with E-state index in [9.17, 15) is 15.3 Å². The number of para-hydroxylation sites is 2. The van der Waals surface area contributed by atoms with Crippen molar-refractivity contribution in [3.8, 4) is 23.6 Å². The van der Waals surface area contributed by atoms with E-state index in [-0.39, 0.29) is 15.6 Å². The lowest BCUT2D eigenvalue weighted by Crippen LogP contribution is -2.33. The van der Waals surface area contributed by atoms with Gasteiger partial charge in [0.2, 0.25) is 0 Å². The predicted molar refractivity (Wildman–Crippen MR) is 192 cm³/mol. The van der Waals surface area contributed by atoms with Crippen LogP contribution >= 0.6 is 46.7 Å². The molecule has 0 unspecified atom stereocenters. The van der Waals surface area contributed by atoms with Gasteiger partial charge in [0.1, 0.15) is 23.6 Å². The number of rotatable bonds is 2. The summed E-state index contributed by atoms with van der Waals surface area (Å²) in [7, 11) is 0. The number of benzene rings is 5. The van der Waals surface area contributed by atoms with E-state index in [1.807, 2.05) is 72.8 Å². The van der Waals surface area contributed by atoms with Gasteiger partial charge in [0.25, 0.3) is 0 Å². The summed E-state index contributed by atoms with van der Waals surface area (Å²) in [4.78, 5) is 15.6. The zero-order valence-corrected chi connectivity index (χ0v) is 28.1. The Hall–Kier alpha value is -5.29. The highest BCUT2D eigenvalue weighted by Crippen LogP contribution is 2.58. The van der Waals surface area contributed by atoms with Crippen LogP contribution in [0.1, 0.15) is 38.2 Å². The molecule has 4 aliphatic heterocycles. The van der Waals surface area contributed by atoms with Crippen molar-refractivity contribution in [3.63, 3.8) is 0 Å². The van der Waals surface area contributed by atoms with Gasteiger partial charge in [-0.05, 0) is 71.8 Å². The third-order valence-electron chi connectivity index (χ3n) is 8.80. The fourth-order valence-corrected chi connectivity index (χ4v) is 8.95. The number of nitrogens with zero attached hydrogens (tertiary/aromatic N) is 2. The van der Waals surface area contributed by atoms with Crippen molar-refractivity contribution in [2.75, 3.05) is 10.6 Å². The molecule has 0 atom stereocenters. The monoisotopic (exact) mass is 712 g/mol. The highest BCUT2D eigenvalue weighted by atomic mass is 35.5. The van der Waals surface area contributed by atoms with Gasteiger partial charge in [-0.1, -0.05) is 83.1 Å². The van der Waals surface area contributed by atoms with Crippen molar-refractivity contribution >= 4 is 75.2 Å². The molecule has 9 rings (SSSR count). The zero-order valence-electron chi connectivity index (χ0n) is 24.9. The number of halogens is 2. The average molecular weight is 714 g/mol. The van der Waals surface area contributed by atoms with Gasteiger partial charge in [-0.15, -0.1) is 0 Å². The number of ether oxygens (including phenoxy) is 2. The summed E-state index contributed by atoms with van der Waals surface area (Å²) < 4.78 is 13.0. The number of thioether (sulfide) groups is 2. The van der Waals surface area contributed by atoms with Crippen molar-refractivity contribution in [3.05, 3.63) is 151 Å². The fraction of sp³-hybridized carbons (Fsp3) is 0.0263. The van der Waals surface area contributed by atoms with Crippen LogP contribution in [0.25, 0.3) is 11.1 Å². The lowest BCUT2D eigenvalue weighted by molar-refractivity contribution is 0.0224. The molecule has 0 amide bonds. The second-order valence-electron chi connectivity index (χ2n) is 11.5. The van der Waals surface area contributed by atoms with E-state index in [2.05, 4.69) is 22.8 Å². The number of hydrogen-bond acceptors (Lipinski definition) is 9. The number of carbonyl (C=O) groups excluding carboxylic acids is 1. The summed E-state index contributed by atoms with van der Waals surface area (Å²) in [5, 5.41) is 29.3. The van der Waals surface area contributed by atoms with Crippen LogP contribution in [-0.4, -0.2) is 5.97 Å².